The maximum absolute atomic E-state index is 9.15. The van der Waals surface area contributed by atoms with E-state index in [1.54, 1.807) is 6.08 Å². The van der Waals surface area contributed by atoms with Gasteiger partial charge in [-0.1, -0.05) is 66.5 Å². The van der Waals surface area contributed by atoms with E-state index in [0.29, 0.717) is 5.92 Å². The van der Waals surface area contributed by atoms with Gasteiger partial charge >= 0.3 is 0 Å². The van der Waals surface area contributed by atoms with Gasteiger partial charge in [0, 0.05) is 31.4 Å². The standard InChI is InChI=1S/C31H44N4/c1-7-9-17-34(18-10-8-2)27-12-13-28-29(20-27)35(23-24(3)4)30(33-28)14-11-25-19-26(15-16-32)22-31(5,6)21-25/h11-15,19-20,24H,7-10,17-18,21-23H2,1-6H3/b14-11+,26-15?. The van der Waals surface area contributed by atoms with Crippen molar-refractivity contribution in [1.82, 2.24) is 9.55 Å². The van der Waals surface area contributed by atoms with E-state index in [2.05, 4.69) is 93.5 Å². The number of rotatable bonds is 11. The van der Waals surface area contributed by atoms with Gasteiger partial charge in [0.05, 0.1) is 17.1 Å². The van der Waals surface area contributed by atoms with Crippen LogP contribution in [0.25, 0.3) is 17.1 Å². The van der Waals surface area contributed by atoms with Crippen molar-refractivity contribution in [2.45, 2.75) is 86.6 Å². The van der Waals surface area contributed by atoms with E-state index in [1.807, 2.05) is 0 Å². The van der Waals surface area contributed by atoms with Crippen LogP contribution in [0.5, 0.6) is 0 Å². The van der Waals surface area contributed by atoms with Gasteiger partial charge in [0.15, 0.2) is 0 Å². The molecule has 4 heteroatoms. The van der Waals surface area contributed by atoms with Crippen LogP contribution >= 0.6 is 0 Å². The van der Waals surface area contributed by atoms with Gasteiger partial charge < -0.3 is 9.47 Å². The maximum atomic E-state index is 9.15. The van der Waals surface area contributed by atoms with Gasteiger partial charge in [-0.15, -0.1) is 0 Å². The Labute approximate surface area is 213 Å². The third-order valence-corrected chi connectivity index (χ3v) is 6.67. The van der Waals surface area contributed by atoms with Gasteiger partial charge in [0.1, 0.15) is 5.82 Å². The van der Waals surface area contributed by atoms with E-state index in [9.17, 15) is 0 Å². The number of hydrogen-bond donors (Lipinski definition) is 0. The zero-order chi connectivity index (χ0) is 25.4. The number of unbranched alkanes of at least 4 members (excludes halogenated alkanes) is 2. The summed E-state index contributed by atoms with van der Waals surface area (Å²) in [7, 11) is 0. The molecule has 1 aromatic carbocycles. The van der Waals surface area contributed by atoms with Crippen LogP contribution in [0.2, 0.25) is 0 Å². The molecule has 0 amide bonds. The topological polar surface area (TPSA) is 44.9 Å². The summed E-state index contributed by atoms with van der Waals surface area (Å²) in [5.74, 6) is 1.53. The minimum atomic E-state index is 0.157. The number of nitriles is 1. The second kappa shape index (κ2) is 12.2. The molecule has 4 nitrogen and oxygen atoms in total. The van der Waals surface area contributed by atoms with Crippen LogP contribution in [0, 0.1) is 22.7 Å². The number of fused-ring (bicyclic) bond motifs is 1. The van der Waals surface area contributed by atoms with Crippen molar-refractivity contribution in [2.75, 3.05) is 18.0 Å². The Hall–Kier alpha value is -2.80. The van der Waals surface area contributed by atoms with Crippen LogP contribution in [0.1, 0.15) is 85.9 Å². The highest BCUT2D eigenvalue weighted by Crippen LogP contribution is 2.38. The summed E-state index contributed by atoms with van der Waals surface area (Å²) in [6, 6.07) is 9.00. The first-order chi connectivity index (χ1) is 16.8. The van der Waals surface area contributed by atoms with Gasteiger partial charge in [-0.2, -0.15) is 5.26 Å². The predicted molar refractivity (Wildman–Crippen MR) is 150 cm³/mol. The molecule has 0 spiro atoms. The second-order valence-electron chi connectivity index (χ2n) is 11.3. The molecule has 188 valence electrons. The minimum absolute atomic E-state index is 0.157. The Kier molecular flexibility index (Phi) is 9.38. The summed E-state index contributed by atoms with van der Waals surface area (Å²) in [6.07, 6.45) is 15.1. The first kappa shape index (κ1) is 26.8. The van der Waals surface area contributed by atoms with E-state index < -0.39 is 0 Å². The average molecular weight is 473 g/mol. The lowest BCUT2D eigenvalue weighted by molar-refractivity contribution is 0.355. The average Bonchev–Trinajstić information content (AvgIpc) is 3.13. The Bertz CT molecular complexity index is 1110. The molecule has 1 aromatic heterocycles. The van der Waals surface area contributed by atoms with Crippen molar-refractivity contribution < 1.29 is 0 Å². The zero-order valence-electron chi connectivity index (χ0n) is 22.8. The van der Waals surface area contributed by atoms with Crippen LogP contribution in [0.4, 0.5) is 5.69 Å². The van der Waals surface area contributed by atoms with E-state index in [1.165, 1.54) is 42.5 Å². The van der Waals surface area contributed by atoms with Crippen molar-refractivity contribution in [3.05, 3.63) is 53.4 Å². The lowest BCUT2D eigenvalue weighted by Crippen LogP contribution is -2.25. The summed E-state index contributed by atoms with van der Waals surface area (Å²) in [4.78, 5) is 7.58. The largest absolute Gasteiger partial charge is 0.371 e. The highest BCUT2D eigenvalue weighted by atomic mass is 15.1. The quantitative estimate of drug-likeness (QED) is 0.309. The number of aromatic nitrogens is 2. The first-order valence-electron chi connectivity index (χ1n) is 13.5. The van der Waals surface area contributed by atoms with E-state index in [4.69, 9.17) is 10.2 Å². The van der Waals surface area contributed by atoms with Crippen molar-refractivity contribution in [2.24, 2.45) is 11.3 Å². The van der Waals surface area contributed by atoms with Gasteiger partial charge in [-0.3, -0.25) is 0 Å². The molecule has 3 rings (SSSR count). The third-order valence-electron chi connectivity index (χ3n) is 6.67. The SMILES string of the molecule is CCCCN(CCCC)c1ccc2nc(/C=C/C3=CC(=CC#N)CC(C)(C)C3)n(CC(C)C)c2c1. The van der Waals surface area contributed by atoms with E-state index in [-0.39, 0.29) is 5.41 Å². The first-order valence-corrected chi connectivity index (χ1v) is 13.5. The van der Waals surface area contributed by atoms with Crippen molar-refractivity contribution in [3.63, 3.8) is 0 Å². The number of nitrogens with zero attached hydrogens (tertiary/aromatic N) is 4. The molecule has 0 fully saturated rings. The molecule has 0 aliphatic heterocycles. The number of benzene rings is 1. The molecular formula is C31H44N4. The normalized spacial score (nSPS) is 16.9. The number of imidazole rings is 1. The maximum Gasteiger partial charge on any atom is 0.133 e. The van der Waals surface area contributed by atoms with Crippen molar-refractivity contribution in [1.29, 1.82) is 5.26 Å². The number of anilines is 1. The van der Waals surface area contributed by atoms with Crippen LogP contribution in [0.15, 0.2) is 47.6 Å². The molecule has 35 heavy (non-hydrogen) atoms. The van der Waals surface area contributed by atoms with E-state index >= 15 is 0 Å². The molecule has 1 aliphatic carbocycles. The zero-order valence-corrected chi connectivity index (χ0v) is 22.8. The molecular weight excluding hydrogens is 428 g/mol. The van der Waals surface area contributed by atoms with Crippen LogP contribution in [0.3, 0.4) is 0 Å². The van der Waals surface area contributed by atoms with Crippen LogP contribution in [-0.2, 0) is 6.54 Å². The molecule has 0 atom stereocenters. The highest BCUT2D eigenvalue weighted by molar-refractivity contribution is 5.82. The van der Waals surface area contributed by atoms with Crippen molar-refractivity contribution in [3.8, 4) is 6.07 Å². The molecule has 0 radical (unpaired) electrons. The number of hydrogen-bond acceptors (Lipinski definition) is 3. The predicted octanol–water partition coefficient (Wildman–Crippen LogP) is 8.31. The molecule has 0 N–H and O–H groups in total. The molecule has 0 saturated heterocycles. The lowest BCUT2D eigenvalue weighted by atomic mass is 9.75. The minimum Gasteiger partial charge on any atom is -0.371 e. The van der Waals surface area contributed by atoms with Gasteiger partial charge in [-0.05, 0) is 72.4 Å². The van der Waals surface area contributed by atoms with Gasteiger partial charge in [0.25, 0.3) is 0 Å². The number of allylic oxidation sites excluding steroid dienone is 5. The summed E-state index contributed by atoms with van der Waals surface area (Å²) >= 11 is 0. The molecule has 0 bridgehead atoms. The Morgan fingerprint density at radius 3 is 2.46 bits per heavy atom. The molecule has 2 aromatic rings. The highest BCUT2D eigenvalue weighted by Gasteiger charge is 2.24. The summed E-state index contributed by atoms with van der Waals surface area (Å²) < 4.78 is 2.39. The summed E-state index contributed by atoms with van der Waals surface area (Å²) in [6.45, 7) is 16.8. The smallest absolute Gasteiger partial charge is 0.133 e. The monoisotopic (exact) mass is 472 g/mol. The van der Waals surface area contributed by atoms with Crippen molar-refractivity contribution >= 4 is 22.8 Å². The van der Waals surface area contributed by atoms with E-state index in [0.717, 1.165) is 49.4 Å². The third kappa shape index (κ3) is 7.34. The second-order valence-corrected chi connectivity index (χ2v) is 11.3. The van der Waals surface area contributed by atoms with Gasteiger partial charge in [0.2, 0.25) is 0 Å². The molecule has 0 unspecified atom stereocenters. The fraction of sp³-hybridized carbons (Fsp3) is 0.548. The lowest BCUT2D eigenvalue weighted by Gasteiger charge is -2.30. The van der Waals surface area contributed by atoms with Crippen LogP contribution in [-0.4, -0.2) is 22.6 Å². The molecule has 1 aliphatic rings. The molecule has 1 heterocycles. The van der Waals surface area contributed by atoms with Crippen LogP contribution < -0.4 is 4.90 Å². The Morgan fingerprint density at radius 1 is 1.11 bits per heavy atom. The Morgan fingerprint density at radius 2 is 1.83 bits per heavy atom. The fourth-order valence-electron chi connectivity index (χ4n) is 5.05. The van der Waals surface area contributed by atoms with Gasteiger partial charge in [-0.25, -0.2) is 4.98 Å². The Balaban J connectivity index is 1.99. The summed E-state index contributed by atoms with van der Waals surface area (Å²) in [5.41, 5.74) is 6.12. The molecule has 0 saturated carbocycles. The summed E-state index contributed by atoms with van der Waals surface area (Å²) in [5, 5.41) is 9.15. The fourth-order valence-corrected chi connectivity index (χ4v) is 5.05.